The summed E-state index contributed by atoms with van der Waals surface area (Å²) >= 11 is 0. The summed E-state index contributed by atoms with van der Waals surface area (Å²) in [6, 6.07) is 9.97. The highest BCUT2D eigenvalue weighted by Gasteiger charge is 2.14. The molecule has 1 heterocycles. The van der Waals surface area contributed by atoms with E-state index in [0.717, 1.165) is 11.3 Å². The maximum Gasteiger partial charge on any atom is 0.153 e. The number of hydrogen-bond donors (Lipinski definition) is 1. The summed E-state index contributed by atoms with van der Waals surface area (Å²) < 4.78 is 18.9. The predicted octanol–water partition coefficient (Wildman–Crippen LogP) is 2.61. The summed E-state index contributed by atoms with van der Waals surface area (Å²) in [7, 11) is 0. The summed E-state index contributed by atoms with van der Waals surface area (Å²) in [4.78, 5) is 4.20. The van der Waals surface area contributed by atoms with Gasteiger partial charge < -0.3 is 10.5 Å². The minimum Gasteiger partial charge on any atom is -0.482 e. The summed E-state index contributed by atoms with van der Waals surface area (Å²) in [5, 5.41) is 0. The van der Waals surface area contributed by atoms with E-state index in [-0.39, 0.29) is 18.5 Å². The Hall–Kier alpha value is -1.94. The van der Waals surface area contributed by atoms with Crippen molar-refractivity contribution in [2.45, 2.75) is 13.0 Å². The molecule has 0 saturated heterocycles. The van der Waals surface area contributed by atoms with Gasteiger partial charge in [-0.25, -0.2) is 4.39 Å². The molecule has 2 rings (SSSR count). The molecule has 4 heteroatoms. The Morgan fingerprint density at radius 1 is 1.33 bits per heavy atom. The van der Waals surface area contributed by atoms with Crippen molar-refractivity contribution >= 4 is 0 Å². The minimum absolute atomic E-state index is 0.285. The highest BCUT2D eigenvalue weighted by molar-refractivity contribution is 5.33. The van der Waals surface area contributed by atoms with Crippen molar-refractivity contribution in [3.63, 3.8) is 0 Å². The van der Waals surface area contributed by atoms with Crippen molar-refractivity contribution in [3.05, 3.63) is 59.7 Å². The molecule has 94 valence electrons. The lowest BCUT2D eigenvalue weighted by Crippen LogP contribution is -2.19. The van der Waals surface area contributed by atoms with Gasteiger partial charge in [-0.1, -0.05) is 12.1 Å². The van der Waals surface area contributed by atoms with E-state index in [1.807, 2.05) is 25.1 Å². The van der Waals surface area contributed by atoms with Crippen LogP contribution in [-0.4, -0.2) is 11.5 Å². The van der Waals surface area contributed by atoms with E-state index in [9.17, 15) is 4.39 Å². The first kappa shape index (κ1) is 12.5. The third-order valence-electron chi connectivity index (χ3n) is 2.65. The Labute approximate surface area is 105 Å². The molecule has 1 aromatic heterocycles. The molecule has 0 aliphatic heterocycles. The lowest BCUT2D eigenvalue weighted by Gasteiger charge is -2.18. The van der Waals surface area contributed by atoms with E-state index in [2.05, 4.69) is 4.98 Å². The second-order valence-electron chi connectivity index (χ2n) is 4.01. The molecule has 0 saturated carbocycles. The molecular formula is C14H15FN2O. The molecule has 0 amide bonds. The number of aryl methyl sites for hydroxylation is 1. The van der Waals surface area contributed by atoms with Crippen molar-refractivity contribution in [2.75, 3.05) is 6.54 Å². The van der Waals surface area contributed by atoms with Gasteiger partial charge in [0, 0.05) is 18.8 Å². The van der Waals surface area contributed by atoms with Gasteiger partial charge in [-0.15, -0.1) is 0 Å². The zero-order valence-electron chi connectivity index (χ0n) is 10.1. The fraction of sp³-hybridized carbons (Fsp3) is 0.214. The number of aromatic nitrogens is 1. The molecule has 1 unspecified atom stereocenters. The van der Waals surface area contributed by atoms with Crippen molar-refractivity contribution in [1.29, 1.82) is 0 Å². The Balaban J connectivity index is 2.23. The van der Waals surface area contributed by atoms with Crippen LogP contribution in [-0.2, 0) is 0 Å². The van der Waals surface area contributed by atoms with E-state index in [1.165, 1.54) is 12.1 Å². The molecular weight excluding hydrogens is 231 g/mol. The van der Waals surface area contributed by atoms with Crippen LogP contribution in [0.1, 0.15) is 17.4 Å². The lowest BCUT2D eigenvalue weighted by atomic mass is 10.2. The van der Waals surface area contributed by atoms with Crippen LogP contribution in [0.15, 0.2) is 42.6 Å². The molecule has 0 fully saturated rings. The molecule has 2 aromatic rings. The summed E-state index contributed by atoms with van der Waals surface area (Å²) in [6.07, 6.45) is 1.31. The first-order chi connectivity index (χ1) is 8.70. The number of ether oxygens (including phenoxy) is 1. The van der Waals surface area contributed by atoms with Gasteiger partial charge in [0.2, 0.25) is 0 Å². The van der Waals surface area contributed by atoms with E-state index in [1.54, 1.807) is 12.3 Å². The summed E-state index contributed by atoms with van der Waals surface area (Å²) in [5.41, 5.74) is 7.29. The zero-order valence-corrected chi connectivity index (χ0v) is 10.1. The van der Waals surface area contributed by atoms with Crippen LogP contribution in [0, 0.1) is 12.7 Å². The monoisotopic (exact) mass is 246 g/mol. The Bertz CT molecular complexity index is 516. The fourth-order valence-corrected chi connectivity index (χ4v) is 1.65. The molecule has 1 aromatic carbocycles. The smallest absolute Gasteiger partial charge is 0.153 e. The molecule has 0 spiro atoms. The van der Waals surface area contributed by atoms with Gasteiger partial charge in [0.25, 0.3) is 0 Å². The fourth-order valence-electron chi connectivity index (χ4n) is 1.65. The number of nitrogens with two attached hydrogens (primary N) is 1. The number of halogens is 1. The van der Waals surface area contributed by atoms with Gasteiger partial charge in [0.05, 0.1) is 5.69 Å². The quantitative estimate of drug-likeness (QED) is 0.902. The second kappa shape index (κ2) is 5.60. The zero-order chi connectivity index (χ0) is 13.0. The van der Waals surface area contributed by atoms with Gasteiger partial charge >= 0.3 is 0 Å². The molecule has 0 radical (unpaired) electrons. The highest BCUT2D eigenvalue weighted by Crippen LogP contribution is 2.24. The number of benzene rings is 1. The maximum absolute atomic E-state index is 13.2. The van der Waals surface area contributed by atoms with Crippen molar-refractivity contribution < 1.29 is 9.13 Å². The van der Waals surface area contributed by atoms with Gasteiger partial charge in [0.1, 0.15) is 11.6 Å². The summed E-state index contributed by atoms with van der Waals surface area (Å²) in [6.45, 7) is 2.15. The third-order valence-corrected chi connectivity index (χ3v) is 2.65. The number of hydrogen-bond acceptors (Lipinski definition) is 3. The molecule has 0 bridgehead atoms. The van der Waals surface area contributed by atoms with Gasteiger partial charge in [-0.3, -0.25) is 4.98 Å². The third kappa shape index (κ3) is 2.84. The predicted molar refractivity (Wildman–Crippen MR) is 67.8 cm³/mol. The van der Waals surface area contributed by atoms with E-state index >= 15 is 0 Å². The molecule has 2 N–H and O–H groups in total. The first-order valence-corrected chi connectivity index (χ1v) is 5.74. The summed E-state index contributed by atoms with van der Waals surface area (Å²) in [5.74, 6) is 0.170. The van der Waals surface area contributed by atoms with Crippen molar-refractivity contribution in [1.82, 2.24) is 4.98 Å². The van der Waals surface area contributed by atoms with Crippen LogP contribution in [0.5, 0.6) is 5.75 Å². The molecule has 18 heavy (non-hydrogen) atoms. The van der Waals surface area contributed by atoms with Crippen LogP contribution in [0.3, 0.4) is 0 Å². The number of pyridine rings is 1. The topological polar surface area (TPSA) is 48.1 Å². The van der Waals surface area contributed by atoms with Crippen LogP contribution in [0.4, 0.5) is 4.39 Å². The molecule has 0 aliphatic rings. The average molecular weight is 246 g/mol. The van der Waals surface area contributed by atoms with Gasteiger partial charge in [0.15, 0.2) is 6.10 Å². The Kier molecular flexibility index (Phi) is 3.89. The molecule has 0 aliphatic carbocycles. The Morgan fingerprint density at radius 2 is 2.17 bits per heavy atom. The largest absolute Gasteiger partial charge is 0.482 e. The SMILES string of the molecule is Cc1ccc(F)cc1OC(CN)c1ccccn1. The van der Waals surface area contributed by atoms with Crippen molar-refractivity contribution in [3.8, 4) is 5.75 Å². The number of nitrogens with zero attached hydrogens (tertiary/aromatic N) is 1. The maximum atomic E-state index is 13.2. The number of rotatable bonds is 4. The van der Waals surface area contributed by atoms with E-state index in [0.29, 0.717) is 5.75 Å². The van der Waals surface area contributed by atoms with Crippen LogP contribution in [0.25, 0.3) is 0 Å². The highest BCUT2D eigenvalue weighted by atomic mass is 19.1. The lowest BCUT2D eigenvalue weighted by molar-refractivity contribution is 0.207. The second-order valence-corrected chi connectivity index (χ2v) is 4.01. The standard InChI is InChI=1S/C14H15FN2O/c1-10-5-6-11(15)8-13(10)18-14(9-16)12-4-2-3-7-17-12/h2-8,14H,9,16H2,1H3. The van der Waals surface area contributed by atoms with E-state index in [4.69, 9.17) is 10.5 Å². The van der Waals surface area contributed by atoms with Crippen LogP contribution < -0.4 is 10.5 Å². The molecule has 3 nitrogen and oxygen atoms in total. The van der Waals surface area contributed by atoms with Crippen LogP contribution >= 0.6 is 0 Å². The van der Waals surface area contributed by atoms with Gasteiger partial charge in [-0.05, 0) is 30.7 Å². The van der Waals surface area contributed by atoms with Gasteiger partial charge in [-0.2, -0.15) is 0 Å². The first-order valence-electron chi connectivity index (χ1n) is 5.74. The average Bonchev–Trinajstić information content (AvgIpc) is 2.41. The molecule has 1 atom stereocenters. The minimum atomic E-state index is -0.369. The van der Waals surface area contributed by atoms with Crippen LogP contribution in [0.2, 0.25) is 0 Å². The van der Waals surface area contributed by atoms with E-state index < -0.39 is 0 Å². The normalized spacial score (nSPS) is 12.2. The Morgan fingerprint density at radius 3 is 2.83 bits per heavy atom. The van der Waals surface area contributed by atoms with Crippen molar-refractivity contribution in [2.24, 2.45) is 5.73 Å².